The molecule has 2 aliphatic heterocycles. The quantitative estimate of drug-likeness (QED) is 0.165. The van der Waals surface area contributed by atoms with Crippen LogP contribution in [0.2, 0.25) is 0 Å². The summed E-state index contributed by atoms with van der Waals surface area (Å²) in [5, 5.41) is 1.18. The first kappa shape index (κ1) is 43.1. The number of para-hydroxylation sites is 1. The van der Waals surface area contributed by atoms with Crippen LogP contribution in [0, 0.1) is 0 Å². The van der Waals surface area contributed by atoms with E-state index in [1.54, 1.807) is 0 Å². The number of rotatable bonds is 3. The number of furan rings is 1. The van der Waals surface area contributed by atoms with E-state index in [4.69, 9.17) is 4.42 Å². The zero-order valence-electron chi connectivity index (χ0n) is 42.2. The van der Waals surface area contributed by atoms with Gasteiger partial charge in [0.1, 0.15) is 5.58 Å². The highest BCUT2D eigenvalue weighted by Crippen LogP contribution is 2.54. The molecule has 0 saturated heterocycles. The normalized spacial score (nSPS) is 18.6. The highest BCUT2D eigenvalue weighted by atomic mass is 16.4. The number of nitrogens with zero attached hydrogens (tertiary/aromatic N) is 2. The van der Waals surface area contributed by atoms with Gasteiger partial charge in [-0.1, -0.05) is 164 Å². The Balaban J connectivity index is 1.30. The largest absolute Gasteiger partial charge is 0.440 e. The number of hydrogen-bond donors (Lipinski definition) is 0. The van der Waals surface area contributed by atoms with Gasteiger partial charge in [0.2, 0.25) is 5.88 Å². The van der Waals surface area contributed by atoms with Gasteiger partial charge < -0.3 is 9.32 Å². The van der Waals surface area contributed by atoms with Crippen LogP contribution in [-0.4, -0.2) is 6.71 Å². The molecule has 1 aromatic heterocycles. The second-order valence-electron chi connectivity index (χ2n) is 25.2. The summed E-state index contributed by atoms with van der Waals surface area (Å²) < 4.78 is 7.35. The Kier molecular flexibility index (Phi) is 9.17. The van der Waals surface area contributed by atoms with Crippen molar-refractivity contribution in [2.24, 2.45) is 0 Å². The van der Waals surface area contributed by atoms with Crippen LogP contribution in [-0.2, 0) is 32.5 Å². The van der Waals surface area contributed by atoms with Crippen LogP contribution in [0.25, 0.3) is 22.1 Å². The van der Waals surface area contributed by atoms with Crippen molar-refractivity contribution in [3.63, 3.8) is 0 Å². The molecule has 4 aliphatic rings. The maximum absolute atomic E-state index is 7.35. The summed E-state index contributed by atoms with van der Waals surface area (Å²) >= 11 is 0. The monoisotopic (exact) mass is 869 g/mol. The highest BCUT2D eigenvalue weighted by Gasteiger charge is 2.50. The molecule has 3 nitrogen and oxygen atoms in total. The van der Waals surface area contributed by atoms with Crippen LogP contribution in [0.3, 0.4) is 0 Å². The van der Waals surface area contributed by atoms with Gasteiger partial charge >= 0.3 is 0 Å². The van der Waals surface area contributed by atoms with E-state index in [-0.39, 0.29) is 39.2 Å². The van der Waals surface area contributed by atoms with Gasteiger partial charge in [-0.2, -0.15) is 0 Å². The molecule has 0 N–H and O–H groups in total. The lowest BCUT2D eigenvalue weighted by atomic mass is 9.33. The molecule has 0 spiro atoms. The van der Waals surface area contributed by atoms with E-state index in [2.05, 4.69) is 222 Å². The van der Waals surface area contributed by atoms with E-state index in [0.29, 0.717) is 0 Å². The van der Waals surface area contributed by atoms with E-state index < -0.39 is 0 Å². The molecule has 3 heterocycles. The van der Waals surface area contributed by atoms with E-state index in [1.807, 2.05) is 0 Å². The van der Waals surface area contributed by atoms with Gasteiger partial charge in [-0.3, -0.25) is 4.90 Å². The topological polar surface area (TPSA) is 19.6 Å². The second kappa shape index (κ2) is 14.0. The van der Waals surface area contributed by atoms with Crippen molar-refractivity contribution in [3.8, 4) is 11.1 Å². The first-order chi connectivity index (χ1) is 31.0. The lowest BCUT2D eigenvalue weighted by Gasteiger charge is -2.47. The Labute approximate surface area is 395 Å². The Morgan fingerprint density at radius 2 is 1.03 bits per heavy atom. The fourth-order valence-electron chi connectivity index (χ4n) is 12.2. The van der Waals surface area contributed by atoms with E-state index in [0.717, 1.165) is 30.0 Å². The molecule has 6 aromatic carbocycles. The lowest BCUT2D eigenvalue weighted by molar-refractivity contribution is 0.332. The third kappa shape index (κ3) is 6.43. The summed E-state index contributed by atoms with van der Waals surface area (Å²) in [6.45, 7) is 33.7. The molecule has 336 valence electrons. The van der Waals surface area contributed by atoms with Crippen LogP contribution in [0.5, 0.6) is 0 Å². The summed E-state index contributed by atoms with van der Waals surface area (Å²) in [6.07, 6.45) is 4.68. The summed E-state index contributed by atoms with van der Waals surface area (Å²) in [5.41, 5.74) is 22.1. The van der Waals surface area contributed by atoms with Crippen LogP contribution in [0.4, 0.5) is 34.3 Å². The third-order valence-electron chi connectivity index (χ3n) is 16.7. The van der Waals surface area contributed by atoms with Gasteiger partial charge in [0, 0.05) is 39.2 Å². The molecule has 0 fully saturated rings. The molecular weight excluding hydrogens is 800 g/mol. The van der Waals surface area contributed by atoms with Gasteiger partial charge in [0.15, 0.2) is 0 Å². The molecule has 11 rings (SSSR count). The Hall–Kier alpha value is -5.48. The molecule has 7 aromatic rings. The summed E-state index contributed by atoms with van der Waals surface area (Å²) in [5.74, 6) is 0.917. The Bertz CT molecular complexity index is 3130. The van der Waals surface area contributed by atoms with Crippen molar-refractivity contribution in [2.45, 2.75) is 155 Å². The molecule has 0 saturated carbocycles. The van der Waals surface area contributed by atoms with Crippen LogP contribution in [0.1, 0.15) is 156 Å². The number of anilines is 6. The van der Waals surface area contributed by atoms with Crippen molar-refractivity contribution < 1.29 is 4.42 Å². The molecule has 0 atom stereocenters. The zero-order chi connectivity index (χ0) is 46.7. The predicted molar refractivity (Wildman–Crippen MR) is 284 cm³/mol. The van der Waals surface area contributed by atoms with Crippen LogP contribution in [0.15, 0.2) is 120 Å². The van der Waals surface area contributed by atoms with E-state index in [9.17, 15) is 0 Å². The molecule has 0 amide bonds. The first-order valence-corrected chi connectivity index (χ1v) is 24.8. The fraction of sp³-hybridized carbons (Fsp3) is 0.387. The van der Waals surface area contributed by atoms with Crippen molar-refractivity contribution in [2.75, 3.05) is 9.80 Å². The number of benzene rings is 6. The average molecular weight is 869 g/mol. The molecule has 0 bridgehead atoms. The predicted octanol–water partition coefficient (Wildman–Crippen LogP) is 15.5. The standard InChI is InChI=1S/C62H69BN2O/c1-57(2,3)39-24-27-49(43(32-39)38-20-16-15-17-21-38)65-52-34-40(58(4,5)6)33-51-55(52)63(54-42-22-18-19-23-53(42)66-56(54)65)48-36-46-47(62(13,14)31-30-61(46,11)12)37-50(48)64(51)41-25-26-44-45(35-41)60(9,10)29-28-59(44,7)8/h15-27,32-37H,28-31H2,1-14H3. The van der Waals surface area contributed by atoms with Gasteiger partial charge in [0.05, 0.1) is 5.69 Å². The van der Waals surface area contributed by atoms with Crippen molar-refractivity contribution in [1.29, 1.82) is 0 Å². The minimum absolute atomic E-state index is 0.0325. The number of hydrogen-bond acceptors (Lipinski definition) is 3. The Morgan fingerprint density at radius 1 is 0.470 bits per heavy atom. The van der Waals surface area contributed by atoms with Crippen molar-refractivity contribution in [1.82, 2.24) is 0 Å². The Morgan fingerprint density at radius 3 is 1.67 bits per heavy atom. The maximum atomic E-state index is 7.35. The zero-order valence-corrected chi connectivity index (χ0v) is 42.2. The van der Waals surface area contributed by atoms with Gasteiger partial charge in [-0.15, -0.1) is 0 Å². The maximum Gasteiger partial charge on any atom is 0.257 e. The SMILES string of the molecule is CC(C)(C)c1ccc(N2c3cc(C(C)(C)C)cc4c3B(c3cc5c(cc3N4c3ccc4c(c3)C(C)(C)CCC4(C)C)C(C)(C)CCC5(C)C)c3c2oc2ccccc32)c(-c2ccccc2)c1. The summed E-state index contributed by atoms with van der Waals surface area (Å²) in [6, 6.07) is 44.9. The van der Waals surface area contributed by atoms with Crippen LogP contribution < -0.4 is 26.2 Å². The molecule has 4 heteroatoms. The molecule has 66 heavy (non-hydrogen) atoms. The first-order valence-electron chi connectivity index (χ1n) is 24.8. The van der Waals surface area contributed by atoms with Gasteiger partial charge in [0.25, 0.3) is 6.71 Å². The molecular formula is C62H69BN2O. The van der Waals surface area contributed by atoms with Crippen molar-refractivity contribution >= 4 is 68.4 Å². The highest BCUT2D eigenvalue weighted by molar-refractivity contribution is 7.01. The minimum Gasteiger partial charge on any atom is -0.440 e. The van der Waals surface area contributed by atoms with E-state index >= 15 is 0 Å². The van der Waals surface area contributed by atoms with Gasteiger partial charge in [-0.05, 0) is 157 Å². The molecule has 2 aliphatic carbocycles. The fourth-order valence-corrected chi connectivity index (χ4v) is 12.2. The van der Waals surface area contributed by atoms with Crippen molar-refractivity contribution in [3.05, 3.63) is 149 Å². The second-order valence-corrected chi connectivity index (χ2v) is 25.2. The third-order valence-corrected chi connectivity index (χ3v) is 16.7. The molecule has 0 unspecified atom stereocenters. The minimum atomic E-state index is -0.144. The van der Waals surface area contributed by atoms with Gasteiger partial charge in [-0.25, -0.2) is 0 Å². The van der Waals surface area contributed by atoms with E-state index in [1.165, 1.54) is 102 Å². The summed E-state index contributed by atoms with van der Waals surface area (Å²) in [7, 11) is 0. The number of fused-ring (bicyclic) bond motifs is 8. The molecule has 0 radical (unpaired) electrons. The van der Waals surface area contributed by atoms with Crippen LogP contribution >= 0.6 is 0 Å². The lowest BCUT2D eigenvalue weighted by Crippen LogP contribution is -2.61. The average Bonchev–Trinajstić information content (AvgIpc) is 3.65. The smallest absolute Gasteiger partial charge is 0.257 e. The summed E-state index contributed by atoms with van der Waals surface area (Å²) in [4.78, 5) is 5.21.